The topological polar surface area (TPSA) is 86.8 Å². The van der Waals surface area contributed by atoms with Gasteiger partial charge in [-0.25, -0.2) is 8.42 Å². The van der Waals surface area contributed by atoms with E-state index >= 15 is 0 Å². The zero-order valence-corrected chi connectivity index (χ0v) is 22.1. The predicted octanol–water partition coefficient (Wildman–Crippen LogP) is 3.86. The second kappa shape index (κ2) is 11.7. The maximum atomic E-state index is 13.5. The first-order valence-corrected chi connectivity index (χ1v) is 13.5. The fourth-order valence-electron chi connectivity index (χ4n) is 3.26. The van der Waals surface area contributed by atoms with Crippen LogP contribution in [-0.2, 0) is 26.2 Å². The van der Waals surface area contributed by atoms with E-state index in [9.17, 15) is 18.0 Å². The summed E-state index contributed by atoms with van der Waals surface area (Å²) in [5, 5.41) is 2.92. The summed E-state index contributed by atoms with van der Waals surface area (Å²) in [4.78, 5) is 27.8. The Hall–Kier alpha value is -2.39. The Kier molecular flexibility index (Phi) is 9.48. The number of rotatable bonds is 10. The summed E-state index contributed by atoms with van der Waals surface area (Å²) in [6.45, 7) is 7.24. The van der Waals surface area contributed by atoms with Gasteiger partial charge in [0, 0.05) is 17.1 Å². The molecular weight excluding hydrogens is 506 g/mol. The third kappa shape index (κ3) is 7.57. The van der Waals surface area contributed by atoms with Gasteiger partial charge in [-0.15, -0.1) is 0 Å². The van der Waals surface area contributed by atoms with Crippen LogP contribution in [0.25, 0.3) is 0 Å². The molecule has 0 heterocycles. The highest BCUT2D eigenvalue weighted by atomic mass is 79.9. The minimum atomic E-state index is -3.75. The number of halogens is 1. The van der Waals surface area contributed by atoms with Gasteiger partial charge >= 0.3 is 0 Å². The number of carbonyl (C=O) groups excluding carboxylic acids is 2. The smallest absolute Gasteiger partial charge is 0.244 e. The Morgan fingerprint density at radius 3 is 2.33 bits per heavy atom. The molecule has 2 rings (SSSR count). The minimum absolute atomic E-state index is 0.0375. The summed E-state index contributed by atoms with van der Waals surface area (Å²) < 4.78 is 26.9. The molecule has 0 aliphatic rings. The number of carbonyl (C=O) groups is 2. The molecule has 180 valence electrons. The second-order valence-corrected chi connectivity index (χ2v) is 11.0. The van der Waals surface area contributed by atoms with Crippen molar-refractivity contribution in [1.29, 1.82) is 0 Å². The Balaban J connectivity index is 2.40. The van der Waals surface area contributed by atoms with Crippen molar-refractivity contribution < 1.29 is 18.0 Å². The second-order valence-electron chi connectivity index (χ2n) is 8.19. The molecule has 0 bridgehead atoms. The van der Waals surface area contributed by atoms with Crippen molar-refractivity contribution in [3.63, 3.8) is 0 Å². The van der Waals surface area contributed by atoms with E-state index in [0.29, 0.717) is 10.2 Å². The molecule has 0 fully saturated rings. The molecule has 2 amide bonds. The Morgan fingerprint density at radius 2 is 1.76 bits per heavy atom. The fraction of sp³-hybridized carbons (Fsp3) is 0.417. The summed E-state index contributed by atoms with van der Waals surface area (Å²) in [5.41, 5.74) is 2.24. The molecule has 0 radical (unpaired) electrons. The predicted molar refractivity (Wildman–Crippen MR) is 135 cm³/mol. The van der Waals surface area contributed by atoms with Crippen LogP contribution in [0.1, 0.15) is 38.3 Å². The van der Waals surface area contributed by atoms with Crippen molar-refractivity contribution in [3.05, 3.63) is 64.1 Å². The van der Waals surface area contributed by atoms with Crippen LogP contribution in [0.2, 0.25) is 0 Å². The molecule has 0 unspecified atom stereocenters. The number of amides is 2. The summed E-state index contributed by atoms with van der Waals surface area (Å²) in [5.74, 6) is -0.741. The van der Waals surface area contributed by atoms with Gasteiger partial charge in [-0.2, -0.15) is 0 Å². The summed E-state index contributed by atoms with van der Waals surface area (Å²) in [6, 6.07) is 13.5. The third-order valence-electron chi connectivity index (χ3n) is 5.55. The molecule has 0 aliphatic carbocycles. The summed E-state index contributed by atoms with van der Waals surface area (Å²) >= 11 is 3.35. The van der Waals surface area contributed by atoms with Gasteiger partial charge < -0.3 is 10.2 Å². The molecule has 33 heavy (non-hydrogen) atoms. The largest absolute Gasteiger partial charge is 0.352 e. The molecule has 2 aromatic carbocycles. The van der Waals surface area contributed by atoms with E-state index in [4.69, 9.17) is 0 Å². The third-order valence-corrected chi connectivity index (χ3v) is 7.18. The van der Waals surface area contributed by atoms with Crippen LogP contribution in [0.4, 0.5) is 5.69 Å². The zero-order chi connectivity index (χ0) is 24.8. The Morgan fingerprint density at radius 1 is 1.09 bits per heavy atom. The molecule has 0 aromatic heterocycles. The van der Waals surface area contributed by atoms with Crippen LogP contribution in [0.5, 0.6) is 0 Å². The van der Waals surface area contributed by atoms with Gasteiger partial charge in [-0.05, 0) is 56.5 Å². The van der Waals surface area contributed by atoms with Crippen LogP contribution >= 0.6 is 15.9 Å². The van der Waals surface area contributed by atoms with Gasteiger partial charge in [0.05, 0.1) is 11.9 Å². The van der Waals surface area contributed by atoms with E-state index in [-0.39, 0.29) is 18.5 Å². The van der Waals surface area contributed by atoms with Crippen molar-refractivity contribution in [2.75, 3.05) is 17.1 Å². The number of aryl methyl sites for hydroxylation is 1. The molecule has 7 nitrogen and oxygen atoms in total. The molecule has 0 spiro atoms. The lowest BCUT2D eigenvalue weighted by Gasteiger charge is -2.32. The lowest BCUT2D eigenvalue weighted by molar-refractivity contribution is -0.139. The van der Waals surface area contributed by atoms with E-state index in [2.05, 4.69) is 21.2 Å². The van der Waals surface area contributed by atoms with Crippen molar-refractivity contribution in [1.82, 2.24) is 10.2 Å². The molecule has 2 aromatic rings. The molecule has 1 N–H and O–H groups in total. The van der Waals surface area contributed by atoms with Gasteiger partial charge in [-0.3, -0.25) is 13.9 Å². The maximum absolute atomic E-state index is 13.5. The SMILES string of the molecule is CC[C@@H](C)NC(=O)[C@H](C)N(Cc1ccccc1C)C(=O)CN(c1cccc(Br)c1)S(C)(=O)=O. The number of hydrogen-bond acceptors (Lipinski definition) is 4. The van der Waals surface area contributed by atoms with E-state index in [1.54, 1.807) is 31.2 Å². The molecule has 9 heteroatoms. The highest BCUT2D eigenvalue weighted by molar-refractivity contribution is 9.10. The average Bonchev–Trinajstić information content (AvgIpc) is 2.75. The number of nitrogens with one attached hydrogen (secondary N) is 1. The first-order chi connectivity index (χ1) is 15.4. The lowest BCUT2D eigenvalue weighted by Crippen LogP contribution is -2.52. The van der Waals surface area contributed by atoms with Gasteiger partial charge in [0.2, 0.25) is 21.8 Å². The summed E-state index contributed by atoms with van der Waals surface area (Å²) in [6.07, 6.45) is 1.82. The van der Waals surface area contributed by atoms with E-state index in [1.807, 2.05) is 45.0 Å². The number of sulfonamides is 1. The van der Waals surface area contributed by atoms with Crippen molar-refractivity contribution in [2.24, 2.45) is 0 Å². The van der Waals surface area contributed by atoms with E-state index in [0.717, 1.165) is 28.1 Å². The standard InChI is InChI=1S/C24H32BrN3O4S/c1-6-18(3)26-24(30)19(4)27(15-20-11-8-7-10-17(20)2)23(29)16-28(33(5,31)32)22-13-9-12-21(25)14-22/h7-14,18-19H,6,15-16H2,1-5H3,(H,26,30)/t18-,19+/m1/s1. The van der Waals surface area contributed by atoms with Crippen molar-refractivity contribution in [3.8, 4) is 0 Å². The highest BCUT2D eigenvalue weighted by Gasteiger charge is 2.30. The summed E-state index contributed by atoms with van der Waals surface area (Å²) in [7, 11) is -3.75. The van der Waals surface area contributed by atoms with Crippen LogP contribution in [0.3, 0.4) is 0 Å². The Bertz CT molecular complexity index is 1090. The van der Waals surface area contributed by atoms with E-state index in [1.165, 1.54) is 4.90 Å². The number of hydrogen-bond donors (Lipinski definition) is 1. The number of benzene rings is 2. The Labute approximate surface area is 205 Å². The number of anilines is 1. The first-order valence-electron chi connectivity index (χ1n) is 10.8. The van der Waals surface area contributed by atoms with Gasteiger partial charge in [0.25, 0.3) is 0 Å². The molecule has 2 atom stereocenters. The van der Waals surface area contributed by atoms with Gasteiger partial charge in [0.1, 0.15) is 12.6 Å². The van der Waals surface area contributed by atoms with Gasteiger partial charge in [0.15, 0.2) is 0 Å². The molecule has 0 saturated heterocycles. The molecule has 0 saturated carbocycles. The quantitative estimate of drug-likeness (QED) is 0.498. The first kappa shape index (κ1) is 26.9. The van der Waals surface area contributed by atoms with Crippen molar-refractivity contribution >= 4 is 43.5 Å². The average molecular weight is 539 g/mol. The van der Waals surface area contributed by atoms with Crippen LogP contribution in [0.15, 0.2) is 53.0 Å². The van der Waals surface area contributed by atoms with Crippen LogP contribution in [0, 0.1) is 6.92 Å². The molecule has 0 aliphatic heterocycles. The van der Waals surface area contributed by atoms with Crippen LogP contribution < -0.4 is 9.62 Å². The van der Waals surface area contributed by atoms with E-state index < -0.39 is 28.5 Å². The lowest BCUT2D eigenvalue weighted by atomic mass is 10.1. The molecular formula is C24H32BrN3O4S. The number of nitrogens with zero attached hydrogens (tertiary/aromatic N) is 2. The monoisotopic (exact) mass is 537 g/mol. The maximum Gasteiger partial charge on any atom is 0.244 e. The van der Waals surface area contributed by atoms with Crippen LogP contribution in [-0.4, -0.2) is 50.0 Å². The zero-order valence-electron chi connectivity index (χ0n) is 19.7. The van der Waals surface area contributed by atoms with Gasteiger partial charge in [-0.1, -0.05) is 53.2 Å². The highest BCUT2D eigenvalue weighted by Crippen LogP contribution is 2.23. The minimum Gasteiger partial charge on any atom is -0.352 e. The fourth-order valence-corrected chi connectivity index (χ4v) is 4.49. The normalized spacial score (nSPS) is 13.2. The van der Waals surface area contributed by atoms with Crippen molar-refractivity contribution in [2.45, 2.75) is 52.7 Å².